The molecular weight excluding hydrogens is 256 g/mol. The van der Waals surface area contributed by atoms with Gasteiger partial charge in [-0.1, -0.05) is 48.0 Å². The predicted octanol–water partition coefficient (Wildman–Crippen LogP) is 3.79. The Balaban J connectivity index is 2.10. The third kappa shape index (κ3) is 3.80. The van der Waals surface area contributed by atoms with Crippen molar-refractivity contribution < 1.29 is 0 Å². The summed E-state index contributed by atoms with van der Waals surface area (Å²) in [6.07, 6.45) is 1.93. The number of nitrogens with two attached hydrogens (primary N) is 1. The number of hydrogen-bond donors (Lipinski definition) is 2. The summed E-state index contributed by atoms with van der Waals surface area (Å²) in [5.41, 5.74) is 6.60. The second kappa shape index (κ2) is 6.71. The fraction of sp³-hybridized carbons (Fsp3) is 0.250. The van der Waals surface area contributed by atoms with E-state index in [0.717, 1.165) is 17.9 Å². The molecule has 3 heteroatoms. The molecule has 2 aromatic rings. The summed E-state index contributed by atoms with van der Waals surface area (Å²) >= 11 is 6.07. The van der Waals surface area contributed by atoms with E-state index in [0.29, 0.717) is 0 Å². The lowest BCUT2D eigenvalue weighted by Crippen LogP contribution is -2.29. The molecule has 1 atom stereocenters. The van der Waals surface area contributed by atoms with Crippen LogP contribution in [0.1, 0.15) is 29.2 Å². The number of hydrogen-bond acceptors (Lipinski definition) is 2. The molecule has 3 N–H and O–H groups in total. The number of halogens is 1. The van der Waals surface area contributed by atoms with Crippen LogP contribution in [0.25, 0.3) is 0 Å². The topological polar surface area (TPSA) is 38.0 Å². The van der Waals surface area contributed by atoms with Crippen LogP contribution in [-0.2, 0) is 6.42 Å². The van der Waals surface area contributed by atoms with E-state index in [2.05, 4.69) is 36.6 Å². The Morgan fingerprint density at radius 1 is 1.16 bits per heavy atom. The fourth-order valence-corrected chi connectivity index (χ4v) is 2.45. The molecule has 0 bridgehead atoms. The lowest BCUT2D eigenvalue weighted by molar-refractivity contribution is 0.514. The van der Waals surface area contributed by atoms with E-state index in [1.165, 1.54) is 16.7 Å². The molecule has 0 amide bonds. The summed E-state index contributed by atoms with van der Waals surface area (Å²) in [7, 11) is 0. The molecule has 100 valence electrons. The lowest BCUT2D eigenvalue weighted by atomic mass is 9.96. The third-order valence-electron chi connectivity index (χ3n) is 3.38. The Morgan fingerprint density at radius 3 is 2.58 bits per heavy atom. The first-order valence-corrected chi connectivity index (χ1v) is 6.84. The summed E-state index contributed by atoms with van der Waals surface area (Å²) in [4.78, 5) is 0. The van der Waals surface area contributed by atoms with E-state index in [1.54, 1.807) is 0 Å². The molecule has 0 fully saturated rings. The van der Waals surface area contributed by atoms with Crippen LogP contribution < -0.4 is 11.3 Å². The zero-order valence-corrected chi connectivity index (χ0v) is 11.8. The van der Waals surface area contributed by atoms with E-state index in [-0.39, 0.29) is 6.04 Å². The minimum atomic E-state index is 0.124. The largest absolute Gasteiger partial charge is 0.271 e. The average Bonchev–Trinajstić information content (AvgIpc) is 2.44. The maximum atomic E-state index is 6.07. The van der Waals surface area contributed by atoms with Crippen molar-refractivity contribution in [2.45, 2.75) is 25.8 Å². The second-order valence-corrected chi connectivity index (χ2v) is 5.18. The lowest BCUT2D eigenvalue weighted by Gasteiger charge is -2.19. The maximum absolute atomic E-state index is 6.07. The van der Waals surface area contributed by atoms with E-state index < -0.39 is 0 Å². The van der Waals surface area contributed by atoms with Crippen LogP contribution in [0.15, 0.2) is 48.5 Å². The van der Waals surface area contributed by atoms with Crippen molar-refractivity contribution >= 4 is 11.6 Å². The smallest absolute Gasteiger partial charge is 0.0466 e. The summed E-state index contributed by atoms with van der Waals surface area (Å²) in [5.74, 6) is 5.69. The van der Waals surface area contributed by atoms with Gasteiger partial charge in [0, 0.05) is 11.1 Å². The Bertz CT molecular complexity index is 526. The van der Waals surface area contributed by atoms with Crippen LogP contribution in [0.3, 0.4) is 0 Å². The summed E-state index contributed by atoms with van der Waals surface area (Å²) in [6.45, 7) is 2.08. The molecule has 0 radical (unpaired) electrons. The van der Waals surface area contributed by atoms with Crippen molar-refractivity contribution in [2.75, 3.05) is 0 Å². The monoisotopic (exact) mass is 274 g/mol. The van der Waals surface area contributed by atoms with Crippen LogP contribution in [0.2, 0.25) is 5.02 Å². The highest BCUT2D eigenvalue weighted by Gasteiger charge is 2.12. The Hall–Kier alpha value is -1.35. The van der Waals surface area contributed by atoms with Crippen molar-refractivity contribution in [3.8, 4) is 0 Å². The highest BCUT2D eigenvalue weighted by atomic mass is 35.5. The Kier molecular flexibility index (Phi) is 4.97. The van der Waals surface area contributed by atoms with Crippen LogP contribution >= 0.6 is 11.6 Å². The molecule has 2 rings (SSSR count). The number of aryl methyl sites for hydroxylation is 2. The molecule has 2 nitrogen and oxygen atoms in total. The van der Waals surface area contributed by atoms with Gasteiger partial charge >= 0.3 is 0 Å². The van der Waals surface area contributed by atoms with Gasteiger partial charge < -0.3 is 0 Å². The van der Waals surface area contributed by atoms with Gasteiger partial charge in [-0.25, -0.2) is 0 Å². The first kappa shape index (κ1) is 14.1. The molecule has 19 heavy (non-hydrogen) atoms. The van der Waals surface area contributed by atoms with Gasteiger partial charge in [0.2, 0.25) is 0 Å². The minimum absolute atomic E-state index is 0.124. The van der Waals surface area contributed by atoms with Gasteiger partial charge in [0.15, 0.2) is 0 Å². The SMILES string of the molecule is Cc1ccc(Cl)cc1C(CCc1ccccc1)NN. The quantitative estimate of drug-likeness (QED) is 0.643. The average molecular weight is 275 g/mol. The highest BCUT2D eigenvalue weighted by Crippen LogP contribution is 2.25. The van der Waals surface area contributed by atoms with Crippen molar-refractivity contribution in [2.24, 2.45) is 5.84 Å². The molecule has 0 heterocycles. The molecule has 1 unspecified atom stereocenters. The van der Waals surface area contributed by atoms with Gasteiger partial charge in [0.1, 0.15) is 0 Å². The number of benzene rings is 2. The normalized spacial score (nSPS) is 12.4. The maximum Gasteiger partial charge on any atom is 0.0466 e. The highest BCUT2D eigenvalue weighted by molar-refractivity contribution is 6.30. The molecule has 0 aliphatic carbocycles. The van der Waals surface area contributed by atoms with Crippen molar-refractivity contribution in [3.05, 3.63) is 70.2 Å². The third-order valence-corrected chi connectivity index (χ3v) is 3.62. The minimum Gasteiger partial charge on any atom is -0.271 e. The number of rotatable bonds is 5. The van der Waals surface area contributed by atoms with E-state index in [4.69, 9.17) is 17.4 Å². The van der Waals surface area contributed by atoms with Gasteiger partial charge in [-0.3, -0.25) is 11.3 Å². The molecule has 0 aliphatic heterocycles. The van der Waals surface area contributed by atoms with Gasteiger partial charge in [-0.05, 0) is 48.6 Å². The van der Waals surface area contributed by atoms with E-state index in [9.17, 15) is 0 Å². The van der Waals surface area contributed by atoms with Gasteiger partial charge in [0.25, 0.3) is 0 Å². The summed E-state index contributed by atoms with van der Waals surface area (Å²) in [5, 5.41) is 0.751. The number of hydrazine groups is 1. The van der Waals surface area contributed by atoms with Gasteiger partial charge in [-0.15, -0.1) is 0 Å². The van der Waals surface area contributed by atoms with Crippen LogP contribution in [0.4, 0.5) is 0 Å². The molecule has 2 aromatic carbocycles. The molecule has 0 spiro atoms. The first-order chi connectivity index (χ1) is 9.20. The zero-order valence-electron chi connectivity index (χ0n) is 11.1. The fourth-order valence-electron chi connectivity index (χ4n) is 2.27. The van der Waals surface area contributed by atoms with Crippen molar-refractivity contribution in [1.29, 1.82) is 0 Å². The van der Waals surface area contributed by atoms with Crippen molar-refractivity contribution in [1.82, 2.24) is 5.43 Å². The number of nitrogens with one attached hydrogen (secondary N) is 1. The first-order valence-electron chi connectivity index (χ1n) is 6.47. The van der Waals surface area contributed by atoms with Crippen molar-refractivity contribution in [3.63, 3.8) is 0 Å². The van der Waals surface area contributed by atoms with E-state index in [1.807, 2.05) is 24.3 Å². The summed E-state index contributed by atoms with van der Waals surface area (Å²) < 4.78 is 0. The Labute approximate surface area is 119 Å². The molecule has 0 aliphatic rings. The molecule has 0 saturated heterocycles. The predicted molar refractivity (Wildman–Crippen MR) is 81.0 cm³/mol. The van der Waals surface area contributed by atoms with Gasteiger partial charge in [-0.2, -0.15) is 0 Å². The van der Waals surface area contributed by atoms with Gasteiger partial charge in [0.05, 0.1) is 0 Å². The van der Waals surface area contributed by atoms with Crippen LogP contribution in [-0.4, -0.2) is 0 Å². The molecular formula is C16H19ClN2. The van der Waals surface area contributed by atoms with Crippen LogP contribution in [0.5, 0.6) is 0 Å². The Morgan fingerprint density at radius 2 is 1.89 bits per heavy atom. The summed E-state index contributed by atoms with van der Waals surface area (Å²) in [6, 6.07) is 16.5. The standard InChI is InChI=1S/C16H19ClN2/c1-12-7-9-14(17)11-15(12)16(19-18)10-8-13-5-3-2-4-6-13/h2-7,9,11,16,19H,8,10,18H2,1H3. The molecule has 0 aromatic heterocycles. The van der Waals surface area contributed by atoms with Crippen LogP contribution in [0, 0.1) is 6.92 Å². The second-order valence-electron chi connectivity index (χ2n) is 4.74. The van der Waals surface area contributed by atoms with E-state index >= 15 is 0 Å². The zero-order chi connectivity index (χ0) is 13.7. The molecule has 0 saturated carbocycles.